The molecule has 2 amide bonds. The minimum atomic E-state index is -1.60. The van der Waals surface area contributed by atoms with Gasteiger partial charge in [-0.25, -0.2) is 0 Å². The summed E-state index contributed by atoms with van der Waals surface area (Å²) in [5.74, 6) is -0.673. The number of hydrogen-bond donors (Lipinski definition) is 2. The van der Waals surface area contributed by atoms with Gasteiger partial charge < -0.3 is 10.6 Å². The monoisotopic (exact) mass is 184 g/mol. The Balaban J connectivity index is 2.19. The number of carbonyl (C=O) groups is 2. The van der Waals surface area contributed by atoms with Crippen molar-refractivity contribution in [2.24, 2.45) is 5.92 Å². The molecule has 1 aliphatic heterocycles. The van der Waals surface area contributed by atoms with Crippen molar-refractivity contribution >= 4 is 11.8 Å². The normalized spacial score (nSPS) is 43.8. The van der Waals surface area contributed by atoms with E-state index in [-0.39, 0.29) is 18.2 Å². The number of amides is 2. The largest absolute Gasteiger partial charge is 0.342 e. The molecule has 2 rings (SSSR count). The van der Waals surface area contributed by atoms with Crippen molar-refractivity contribution in [1.82, 2.24) is 10.6 Å². The molecule has 1 aliphatic carbocycles. The summed E-state index contributed by atoms with van der Waals surface area (Å²) in [7, 11) is 0. The molecule has 1 heterocycles. The zero-order valence-electron chi connectivity index (χ0n) is 9.68. The highest BCUT2D eigenvalue weighted by Crippen LogP contribution is 2.37. The highest BCUT2D eigenvalue weighted by molar-refractivity contribution is 6.01. The van der Waals surface area contributed by atoms with Crippen molar-refractivity contribution in [3.05, 3.63) is 0 Å². The quantitative estimate of drug-likeness (QED) is 0.592. The molecule has 1 spiro atoms. The molecule has 1 saturated heterocycles. The molecule has 0 radical (unpaired) electrons. The molecule has 2 atom stereocenters. The van der Waals surface area contributed by atoms with Crippen molar-refractivity contribution < 1.29 is 12.3 Å². The first-order chi connectivity index (χ1) is 6.80. The Kier molecular flexibility index (Phi) is 1.21. The summed E-state index contributed by atoms with van der Waals surface area (Å²) >= 11 is 0. The van der Waals surface area contributed by atoms with E-state index < -0.39 is 23.9 Å². The van der Waals surface area contributed by atoms with Gasteiger partial charge in [-0.3, -0.25) is 9.59 Å². The van der Waals surface area contributed by atoms with E-state index in [2.05, 4.69) is 10.6 Å². The van der Waals surface area contributed by atoms with Gasteiger partial charge >= 0.3 is 0 Å². The minimum absolute atomic E-state index is 0.0101. The summed E-state index contributed by atoms with van der Waals surface area (Å²) in [4.78, 5) is 23.3. The Morgan fingerprint density at radius 3 is 2.69 bits per heavy atom. The SMILES string of the molecule is [2H]C1([2H])C[C@]12NC(=O)[C@H](C(C)C)NC2=O. The fraction of sp³-hybridized carbons (Fsp3) is 0.778. The third-order valence-electron chi connectivity index (χ3n) is 2.49. The van der Waals surface area contributed by atoms with E-state index in [9.17, 15) is 9.59 Å². The van der Waals surface area contributed by atoms with Gasteiger partial charge in [0.2, 0.25) is 11.8 Å². The summed E-state index contributed by atoms with van der Waals surface area (Å²) in [6.07, 6.45) is -1.53. The second-order valence-electron chi connectivity index (χ2n) is 3.94. The van der Waals surface area contributed by atoms with Gasteiger partial charge in [0.15, 0.2) is 0 Å². The van der Waals surface area contributed by atoms with Crippen LogP contribution in [0.2, 0.25) is 0 Å². The molecule has 0 unspecified atom stereocenters. The molecule has 0 aromatic heterocycles. The summed E-state index contributed by atoms with van der Waals surface area (Å²) in [6.45, 7) is 3.67. The van der Waals surface area contributed by atoms with Crippen LogP contribution in [0.1, 0.15) is 29.4 Å². The molecule has 0 aromatic carbocycles. The zero-order valence-corrected chi connectivity index (χ0v) is 7.68. The maximum Gasteiger partial charge on any atom is 0.246 e. The third kappa shape index (κ3) is 1.20. The van der Waals surface area contributed by atoms with Crippen molar-refractivity contribution in [3.63, 3.8) is 0 Å². The first kappa shape index (κ1) is 6.40. The van der Waals surface area contributed by atoms with Gasteiger partial charge in [0.05, 0.1) is 0 Å². The summed E-state index contributed by atoms with van der Waals surface area (Å²) < 4.78 is 15.0. The van der Waals surface area contributed by atoms with E-state index >= 15 is 0 Å². The van der Waals surface area contributed by atoms with Crippen molar-refractivity contribution in [2.45, 2.75) is 38.2 Å². The molecule has 2 fully saturated rings. The van der Waals surface area contributed by atoms with Crippen molar-refractivity contribution in [2.75, 3.05) is 0 Å². The van der Waals surface area contributed by atoms with Gasteiger partial charge in [-0.05, 0) is 18.7 Å². The maximum absolute atomic E-state index is 11.7. The van der Waals surface area contributed by atoms with Gasteiger partial charge in [-0.1, -0.05) is 13.8 Å². The minimum Gasteiger partial charge on any atom is -0.342 e. The molecular formula is C9H14N2O2. The van der Waals surface area contributed by atoms with Gasteiger partial charge in [0.25, 0.3) is 0 Å². The van der Waals surface area contributed by atoms with Crippen LogP contribution in [0.4, 0.5) is 0 Å². The van der Waals surface area contributed by atoms with Crippen molar-refractivity contribution in [1.29, 1.82) is 0 Å². The summed E-state index contributed by atoms with van der Waals surface area (Å²) in [6, 6.07) is -0.542. The molecule has 2 N–H and O–H groups in total. The average Bonchev–Trinajstić information content (AvgIpc) is 2.61. The van der Waals surface area contributed by atoms with Crippen LogP contribution >= 0.6 is 0 Å². The van der Waals surface area contributed by atoms with Crippen LogP contribution in [0.25, 0.3) is 0 Å². The molecular weight excluding hydrogens is 168 g/mol. The van der Waals surface area contributed by atoms with Crippen LogP contribution in [0.5, 0.6) is 0 Å². The average molecular weight is 184 g/mol. The van der Waals surface area contributed by atoms with Crippen LogP contribution in [0.3, 0.4) is 0 Å². The van der Waals surface area contributed by atoms with E-state index in [1.54, 1.807) is 0 Å². The summed E-state index contributed by atoms with van der Waals surface area (Å²) in [5, 5.41) is 5.10. The number of rotatable bonds is 1. The van der Waals surface area contributed by atoms with E-state index in [0.717, 1.165) is 0 Å². The van der Waals surface area contributed by atoms with Gasteiger partial charge in [-0.2, -0.15) is 0 Å². The third-order valence-corrected chi connectivity index (χ3v) is 2.49. The topological polar surface area (TPSA) is 58.2 Å². The lowest BCUT2D eigenvalue weighted by Gasteiger charge is -2.31. The Morgan fingerprint density at radius 2 is 2.23 bits per heavy atom. The molecule has 0 aromatic rings. The molecule has 2 aliphatic rings. The van der Waals surface area contributed by atoms with Crippen LogP contribution in [-0.2, 0) is 9.59 Å². The molecule has 72 valence electrons. The predicted octanol–water partition coefficient (Wildman–Crippen LogP) is -0.210. The molecule has 4 nitrogen and oxygen atoms in total. The summed E-state index contributed by atoms with van der Waals surface area (Å²) in [5.41, 5.74) is -1.30. The highest BCUT2D eigenvalue weighted by atomic mass is 16.2. The lowest BCUT2D eigenvalue weighted by atomic mass is 9.99. The van der Waals surface area contributed by atoms with Crippen molar-refractivity contribution in [3.8, 4) is 0 Å². The number of piperazine rings is 1. The lowest BCUT2D eigenvalue weighted by molar-refractivity contribution is -0.138. The van der Waals surface area contributed by atoms with E-state index in [1.807, 2.05) is 13.8 Å². The molecule has 1 saturated carbocycles. The molecule has 13 heavy (non-hydrogen) atoms. The Morgan fingerprint density at radius 1 is 1.62 bits per heavy atom. The van der Waals surface area contributed by atoms with E-state index in [1.165, 1.54) is 0 Å². The smallest absolute Gasteiger partial charge is 0.246 e. The molecule has 0 bridgehead atoms. The van der Waals surface area contributed by atoms with Gasteiger partial charge in [-0.15, -0.1) is 0 Å². The standard InChI is InChI=1S/C9H14N2O2/c1-5(2)6-7(12)11-9(3-4-9)8(13)10-6/h5-6H,3-4H2,1-2H3,(H,10,13)(H,11,12)/t6-/m0/s1/i3D2/t6-,9+. The predicted molar refractivity (Wildman–Crippen MR) is 46.9 cm³/mol. The second kappa shape index (κ2) is 2.47. The van der Waals surface area contributed by atoms with E-state index in [4.69, 9.17) is 2.74 Å². The number of carbonyl (C=O) groups excluding carboxylic acids is 2. The Bertz CT molecular complexity index is 343. The van der Waals surface area contributed by atoms with Crippen LogP contribution in [0.15, 0.2) is 0 Å². The Labute approximate surface area is 79.9 Å². The lowest BCUT2D eigenvalue weighted by Crippen LogP contribution is -2.64. The second-order valence-corrected chi connectivity index (χ2v) is 3.94. The number of hydrogen-bond acceptors (Lipinski definition) is 2. The van der Waals surface area contributed by atoms with Crippen LogP contribution in [-0.4, -0.2) is 23.4 Å². The highest BCUT2D eigenvalue weighted by Gasteiger charge is 2.55. The zero-order chi connectivity index (χ0) is 11.4. The maximum atomic E-state index is 11.7. The number of nitrogens with one attached hydrogen (secondary N) is 2. The fourth-order valence-electron chi connectivity index (χ4n) is 1.48. The van der Waals surface area contributed by atoms with Crippen LogP contribution < -0.4 is 10.6 Å². The van der Waals surface area contributed by atoms with E-state index in [0.29, 0.717) is 0 Å². The van der Waals surface area contributed by atoms with Gasteiger partial charge in [0.1, 0.15) is 11.6 Å². The first-order valence-electron chi connectivity index (χ1n) is 5.43. The first-order valence-corrected chi connectivity index (χ1v) is 4.43. The van der Waals surface area contributed by atoms with Gasteiger partial charge in [0, 0.05) is 2.74 Å². The Hall–Kier alpha value is -1.06. The molecule has 4 heteroatoms. The van der Waals surface area contributed by atoms with Crippen LogP contribution in [0, 0.1) is 5.92 Å². The fourth-order valence-corrected chi connectivity index (χ4v) is 1.48.